The second kappa shape index (κ2) is 8.57. The Kier molecular flexibility index (Phi) is 7.06. The fourth-order valence-electron chi connectivity index (χ4n) is 1.87. The van der Waals surface area contributed by atoms with E-state index in [9.17, 15) is 0 Å². The third-order valence-corrected chi connectivity index (χ3v) is 2.87. The zero-order valence-electron chi connectivity index (χ0n) is 11.7. The maximum Gasteiger partial charge on any atom is 0.191 e. The Morgan fingerprint density at radius 2 is 2.05 bits per heavy atom. The van der Waals surface area contributed by atoms with Crippen molar-refractivity contribution < 1.29 is 0 Å². The molecular weight excluding hydrogens is 365 g/mol. The van der Waals surface area contributed by atoms with Crippen molar-refractivity contribution in [2.45, 2.75) is 13.1 Å². The van der Waals surface area contributed by atoms with Crippen LogP contribution in [0.15, 0.2) is 47.7 Å². The Morgan fingerprint density at radius 3 is 2.70 bits per heavy atom. The van der Waals surface area contributed by atoms with Gasteiger partial charge in [0, 0.05) is 33.0 Å². The Hall–Kier alpha value is -1.57. The molecule has 2 aromatic rings. The van der Waals surface area contributed by atoms with E-state index >= 15 is 0 Å². The molecule has 108 valence electrons. The molecule has 0 unspecified atom stereocenters. The summed E-state index contributed by atoms with van der Waals surface area (Å²) < 4.78 is 2.13. The molecule has 0 aliphatic rings. The van der Waals surface area contributed by atoms with Gasteiger partial charge < -0.3 is 15.2 Å². The van der Waals surface area contributed by atoms with Crippen LogP contribution in [-0.2, 0) is 13.1 Å². The van der Waals surface area contributed by atoms with E-state index in [1.807, 2.05) is 37.6 Å². The molecule has 0 saturated carbocycles. The van der Waals surface area contributed by atoms with Crippen molar-refractivity contribution in [2.75, 3.05) is 14.1 Å². The molecule has 0 fully saturated rings. The van der Waals surface area contributed by atoms with E-state index in [1.165, 1.54) is 5.56 Å². The van der Waals surface area contributed by atoms with E-state index in [0.29, 0.717) is 6.54 Å². The van der Waals surface area contributed by atoms with E-state index in [4.69, 9.17) is 0 Å². The molecule has 0 aliphatic heterocycles. The predicted molar refractivity (Wildman–Crippen MR) is 92.4 cm³/mol. The van der Waals surface area contributed by atoms with Crippen molar-refractivity contribution in [1.82, 2.24) is 20.2 Å². The Balaban J connectivity index is 0.00000200. The van der Waals surface area contributed by atoms with Crippen LogP contribution in [0.4, 0.5) is 0 Å². The molecule has 5 nitrogen and oxygen atoms in total. The molecule has 0 spiro atoms. The summed E-state index contributed by atoms with van der Waals surface area (Å²) in [5, 5.41) is 6.19. The van der Waals surface area contributed by atoms with Crippen LogP contribution >= 0.6 is 24.0 Å². The van der Waals surface area contributed by atoms with Gasteiger partial charge >= 0.3 is 0 Å². The van der Waals surface area contributed by atoms with Gasteiger partial charge in [0.2, 0.25) is 0 Å². The number of aromatic nitrogens is 2. The number of nitrogens with zero attached hydrogens (tertiary/aromatic N) is 3. The minimum atomic E-state index is 0. The van der Waals surface area contributed by atoms with Crippen LogP contribution in [0.25, 0.3) is 0 Å². The summed E-state index contributed by atoms with van der Waals surface area (Å²) in [5.41, 5.74) is 1.26. The molecular formula is C14H20IN5. The number of imidazole rings is 1. The zero-order chi connectivity index (χ0) is 13.5. The number of guanidine groups is 1. The van der Waals surface area contributed by atoms with Crippen LogP contribution in [0.5, 0.6) is 0 Å². The Bertz CT molecular complexity index is 536. The highest BCUT2D eigenvalue weighted by Crippen LogP contribution is 2.05. The molecule has 2 N–H and O–H groups in total. The molecule has 0 saturated heterocycles. The normalized spacial score (nSPS) is 10.8. The minimum absolute atomic E-state index is 0. The highest BCUT2D eigenvalue weighted by Gasteiger charge is 2.04. The number of aliphatic imine (C=N–C) groups is 1. The summed E-state index contributed by atoms with van der Waals surface area (Å²) >= 11 is 0. The fourth-order valence-corrected chi connectivity index (χ4v) is 1.87. The highest BCUT2D eigenvalue weighted by molar-refractivity contribution is 14.0. The van der Waals surface area contributed by atoms with Crippen LogP contribution in [0, 0.1) is 0 Å². The lowest BCUT2D eigenvalue weighted by Crippen LogP contribution is -2.34. The van der Waals surface area contributed by atoms with Crippen LogP contribution in [0.2, 0.25) is 0 Å². The van der Waals surface area contributed by atoms with Gasteiger partial charge in [-0.05, 0) is 5.56 Å². The number of nitrogens with one attached hydrogen (secondary N) is 2. The molecule has 0 bridgehead atoms. The molecule has 1 aromatic heterocycles. The van der Waals surface area contributed by atoms with Gasteiger partial charge in [0.05, 0.1) is 6.54 Å². The van der Waals surface area contributed by atoms with Crippen LogP contribution in [-0.4, -0.2) is 29.6 Å². The summed E-state index contributed by atoms with van der Waals surface area (Å²) in [6.07, 6.45) is 3.81. The summed E-state index contributed by atoms with van der Waals surface area (Å²) in [4.78, 5) is 8.45. The number of hydrogen-bond acceptors (Lipinski definition) is 2. The summed E-state index contributed by atoms with van der Waals surface area (Å²) in [6.45, 7) is 1.48. The van der Waals surface area contributed by atoms with E-state index in [0.717, 1.165) is 18.3 Å². The van der Waals surface area contributed by atoms with E-state index in [-0.39, 0.29) is 24.0 Å². The fraction of sp³-hybridized carbons (Fsp3) is 0.286. The van der Waals surface area contributed by atoms with Gasteiger partial charge in [-0.15, -0.1) is 24.0 Å². The first kappa shape index (κ1) is 16.5. The monoisotopic (exact) mass is 385 g/mol. The second-order valence-electron chi connectivity index (χ2n) is 4.13. The van der Waals surface area contributed by atoms with Crippen molar-refractivity contribution in [2.24, 2.45) is 4.99 Å². The van der Waals surface area contributed by atoms with E-state index in [2.05, 4.69) is 37.3 Å². The molecule has 2 rings (SSSR count). The molecule has 0 radical (unpaired) electrons. The molecule has 20 heavy (non-hydrogen) atoms. The number of hydrogen-bond donors (Lipinski definition) is 2. The molecule has 1 aromatic carbocycles. The van der Waals surface area contributed by atoms with Gasteiger partial charge in [-0.1, -0.05) is 30.3 Å². The lowest BCUT2D eigenvalue weighted by molar-refractivity contribution is 0.693. The van der Waals surface area contributed by atoms with Crippen LogP contribution < -0.4 is 10.6 Å². The van der Waals surface area contributed by atoms with Gasteiger partial charge in [0.25, 0.3) is 0 Å². The maximum absolute atomic E-state index is 4.37. The largest absolute Gasteiger partial charge is 0.359 e. The Morgan fingerprint density at radius 1 is 1.30 bits per heavy atom. The van der Waals surface area contributed by atoms with Crippen LogP contribution in [0.1, 0.15) is 11.4 Å². The lowest BCUT2D eigenvalue weighted by Gasteiger charge is -2.10. The van der Waals surface area contributed by atoms with Gasteiger partial charge in [-0.25, -0.2) is 4.98 Å². The zero-order valence-corrected chi connectivity index (χ0v) is 14.0. The summed E-state index contributed by atoms with van der Waals surface area (Å²) in [5.74, 6) is 1.74. The minimum Gasteiger partial charge on any atom is -0.359 e. The van der Waals surface area contributed by atoms with Gasteiger partial charge in [-0.2, -0.15) is 0 Å². The quantitative estimate of drug-likeness (QED) is 0.480. The van der Waals surface area contributed by atoms with E-state index in [1.54, 1.807) is 7.05 Å². The molecule has 0 amide bonds. The third-order valence-electron chi connectivity index (χ3n) is 2.87. The van der Waals surface area contributed by atoms with Crippen molar-refractivity contribution in [3.63, 3.8) is 0 Å². The second-order valence-corrected chi connectivity index (χ2v) is 4.13. The van der Waals surface area contributed by atoms with Gasteiger partial charge in [0.15, 0.2) is 5.96 Å². The van der Waals surface area contributed by atoms with Crippen molar-refractivity contribution in [3.8, 4) is 0 Å². The average Bonchev–Trinajstić information content (AvgIpc) is 2.88. The first-order valence-corrected chi connectivity index (χ1v) is 6.26. The first-order valence-electron chi connectivity index (χ1n) is 6.26. The Labute approximate surface area is 136 Å². The van der Waals surface area contributed by atoms with E-state index < -0.39 is 0 Å². The topological polar surface area (TPSA) is 54.2 Å². The van der Waals surface area contributed by atoms with Crippen molar-refractivity contribution in [1.29, 1.82) is 0 Å². The third kappa shape index (κ3) is 4.52. The number of halogens is 1. The molecule has 0 atom stereocenters. The first-order chi connectivity index (χ1) is 9.33. The maximum atomic E-state index is 4.37. The van der Waals surface area contributed by atoms with Crippen LogP contribution in [0.3, 0.4) is 0 Å². The van der Waals surface area contributed by atoms with Crippen molar-refractivity contribution in [3.05, 3.63) is 54.1 Å². The standard InChI is InChI=1S/C14H19N5.HI/c1-15-14(16-2)18-10-13-17-8-9-19(13)11-12-6-4-3-5-7-12;/h3-9H,10-11H2,1-2H3,(H2,15,16,18);1H. The summed E-state index contributed by atoms with van der Waals surface area (Å²) in [6, 6.07) is 10.4. The number of rotatable bonds is 4. The number of benzene rings is 1. The smallest absolute Gasteiger partial charge is 0.191 e. The summed E-state index contributed by atoms with van der Waals surface area (Å²) in [7, 11) is 3.58. The molecule has 1 heterocycles. The molecule has 0 aliphatic carbocycles. The molecule has 6 heteroatoms. The SMILES string of the molecule is CN=C(NC)NCc1nccn1Cc1ccccc1.I. The average molecular weight is 385 g/mol. The lowest BCUT2D eigenvalue weighted by atomic mass is 10.2. The van der Waals surface area contributed by atoms with Crippen molar-refractivity contribution >= 4 is 29.9 Å². The predicted octanol–water partition coefficient (Wildman–Crippen LogP) is 1.84. The highest BCUT2D eigenvalue weighted by atomic mass is 127. The van der Waals surface area contributed by atoms with Gasteiger partial charge in [-0.3, -0.25) is 4.99 Å². The van der Waals surface area contributed by atoms with Gasteiger partial charge in [0.1, 0.15) is 5.82 Å².